The van der Waals surface area contributed by atoms with Crippen LogP contribution in [0.3, 0.4) is 0 Å². The van der Waals surface area contributed by atoms with Crippen LogP contribution in [0.5, 0.6) is 11.8 Å². The lowest BCUT2D eigenvalue weighted by Crippen LogP contribution is -2.37. The summed E-state index contributed by atoms with van der Waals surface area (Å²) in [5.74, 6) is 0.618. The van der Waals surface area contributed by atoms with Crippen molar-refractivity contribution in [2.24, 2.45) is 14.1 Å². The number of nitrogens with zero attached hydrogens (tertiary/aromatic N) is 4. The summed E-state index contributed by atoms with van der Waals surface area (Å²) in [4.78, 5) is 29.9. The van der Waals surface area contributed by atoms with Gasteiger partial charge in [-0.25, -0.2) is 4.79 Å². The first kappa shape index (κ1) is 21.2. The van der Waals surface area contributed by atoms with Gasteiger partial charge in [-0.3, -0.25) is 18.5 Å². The SMILES string of the molecule is Cc1cccc(Oc2nc3c(c(=O)n(C)c(=O)n3C)n2Cc2ccc(Cl)c(Cl)c2)c1C. The molecular weight excluding hydrogens is 439 g/mol. The van der Waals surface area contributed by atoms with Crippen LogP contribution in [0, 0.1) is 13.8 Å². The van der Waals surface area contributed by atoms with Gasteiger partial charge in [0.15, 0.2) is 11.2 Å². The average molecular weight is 459 g/mol. The molecule has 2 aromatic heterocycles. The number of aryl methyl sites for hydroxylation is 2. The first-order valence-corrected chi connectivity index (χ1v) is 10.3. The zero-order valence-electron chi connectivity index (χ0n) is 17.4. The number of hydrogen-bond donors (Lipinski definition) is 0. The van der Waals surface area contributed by atoms with Gasteiger partial charge >= 0.3 is 11.7 Å². The molecule has 0 spiro atoms. The molecule has 0 saturated heterocycles. The van der Waals surface area contributed by atoms with E-state index in [9.17, 15) is 9.59 Å². The molecule has 0 bridgehead atoms. The summed E-state index contributed by atoms with van der Waals surface area (Å²) in [7, 11) is 3.01. The predicted molar refractivity (Wildman–Crippen MR) is 122 cm³/mol. The fourth-order valence-electron chi connectivity index (χ4n) is 3.40. The first-order chi connectivity index (χ1) is 14.7. The summed E-state index contributed by atoms with van der Waals surface area (Å²) in [6.07, 6.45) is 0. The van der Waals surface area contributed by atoms with Crippen molar-refractivity contribution in [3.05, 3.63) is 84.0 Å². The largest absolute Gasteiger partial charge is 0.425 e. The summed E-state index contributed by atoms with van der Waals surface area (Å²) in [6, 6.07) is 11.1. The Morgan fingerprint density at radius 3 is 2.45 bits per heavy atom. The highest BCUT2D eigenvalue weighted by Gasteiger charge is 2.21. The molecule has 9 heteroatoms. The molecule has 0 aliphatic carbocycles. The third-order valence-corrected chi connectivity index (χ3v) is 6.13. The van der Waals surface area contributed by atoms with E-state index < -0.39 is 11.2 Å². The zero-order chi connectivity index (χ0) is 22.4. The fourth-order valence-corrected chi connectivity index (χ4v) is 3.73. The molecule has 0 aliphatic rings. The first-order valence-electron chi connectivity index (χ1n) is 9.53. The van der Waals surface area contributed by atoms with Crippen LogP contribution in [0.25, 0.3) is 11.2 Å². The van der Waals surface area contributed by atoms with E-state index in [4.69, 9.17) is 27.9 Å². The van der Waals surface area contributed by atoms with Gasteiger partial charge in [-0.2, -0.15) is 4.98 Å². The Morgan fingerprint density at radius 2 is 1.74 bits per heavy atom. The van der Waals surface area contributed by atoms with Crippen molar-refractivity contribution in [2.45, 2.75) is 20.4 Å². The van der Waals surface area contributed by atoms with Crippen LogP contribution >= 0.6 is 23.2 Å². The minimum Gasteiger partial charge on any atom is -0.425 e. The van der Waals surface area contributed by atoms with Crippen LogP contribution in [0.15, 0.2) is 46.0 Å². The third-order valence-electron chi connectivity index (χ3n) is 5.39. The van der Waals surface area contributed by atoms with Gasteiger partial charge in [-0.1, -0.05) is 41.4 Å². The maximum Gasteiger partial charge on any atom is 0.332 e. The lowest BCUT2D eigenvalue weighted by molar-refractivity contribution is 0.418. The molecule has 0 unspecified atom stereocenters. The van der Waals surface area contributed by atoms with Crippen molar-refractivity contribution in [1.82, 2.24) is 18.7 Å². The number of rotatable bonds is 4. The molecule has 160 valence electrons. The molecule has 0 aliphatic heterocycles. The standard InChI is InChI=1S/C22H20Cl2N4O3/c1-12-6-5-7-17(13(12)2)31-21-25-19-18(20(29)27(4)22(30)26(19)3)28(21)11-14-8-9-15(23)16(24)10-14/h5-10H,11H2,1-4H3. The van der Waals surface area contributed by atoms with Gasteiger partial charge < -0.3 is 4.74 Å². The van der Waals surface area contributed by atoms with Gasteiger partial charge in [0.25, 0.3) is 5.56 Å². The molecule has 2 aromatic carbocycles. The Labute approximate surface area is 188 Å². The van der Waals surface area contributed by atoms with Crippen LogP contribution in [0.4, 0.5) is 0 Å². The van der Waals surface area contributed by atoms with Crippen molar-refractivity contribution < 1.29 is 4.74 Å². The number of aromatic nitrogens is 4. The number of ether oxygens (including phenoxy) is 1. The van der Waals surface area contributed by atoms with E-state index >= 15 is 0 Å². The van der Waals surface area contributed by atoms with Crippen LogP contribution < -0.4 is 16.0 Å². The predicted octanol–water partition coefficient (Wildman–Crippen LogP) is 4.20. The molecular formula is C22H20Cl2N4O3. The number of halogens is 2. The van der Waals surface area contributed by atoms with E-state index in [0.29, 0.717) is 15.8 Å². The van der Waals surface area contributed by atoms with Gasteiger partial charge in [0.1, 0.15) is 5.75 Å². The molecule has 0 N–H and O–H groups in total. The van der Waals surface area contributed by atoms with E-state index in [-0.39, 0.29) is 23.7 Å². The van der Waals surface area contributed by atoms with Crippen molar-refractivity contribution >= 4 is 34.4 Å². The second-order valence-corrected chi connectivity index (χ2v) is 8.22. The smallest absolute Gasteiger partial charge is 0.332 e. The average Bonchev–Trinajstić information content (AvgIpc) is 3.09. The summed E-state index contributed by atoms with van der Waals surface area (Å²) in [5.41, 5.74) is 2.40. The van der Waals surface area contributed by atoms with Crippen molar-refractivity contribution in [1.29, 1.82) is 0 Å². The Kier molecular flexibility index (Phi) is 5.41. The summed E-state index contributed by atoms with van der Waals surface area (Å²) in [5, 5.41) is 0.840. The minimum atomic E-state index is -0.463. The zero-order valence-corrected chi connectivity index (χ0v) is 19.0. The summed E-state index contributed by atoms with van der Waals surface area (Å²) >= 11 is 12.2. The number of imidazole rings is 1. The highest BCUT2D eigenvalue weighted by Crippen LogP contribution is 2.30. The highest BCUT2D eigenvalue weighted by molar-refractivity contribution is 6.42. The summed E-state index contributed by atoms with van der Waals surface area (Å²) in [6.45, 7) is 4.19. The van der Waals surface area contributed by atoms with Gasteiger partial charge in [-0.15, -0.1) is 0 Å². The van der Waals surface area contributed by atoms with E-state index in [0.717, 1.165) is 21.3 Å². The molecule has 0 atom stereocenters. The van der Waals surface area contributed by atoms with Gasteiger partial charge in [0.2, 0.25) is 0 Å². The normalized spacial score (nSPS) is 11.3. The molecule has 4 rings (SSSR count). The van der Waals surface area contributed by atoms with Crippen LogP contribution in [0.1, 0.15) is 16.7 Å². The Morgan fingerprint density at radius 1 is 1.00 bits per heavy atom. The molecule has 7 nitrogen and oxygen atoms in total. The van der Waals surface area contributed by atoms with E-state index in [1.54, 1.807) is 23.7 Å². The highest BCUT2D eigenvalue weighted by atomic mass is 35.5. The Hall–Kier alpha value is -3.03. The number of fused-ring (bicyclic) bond motifs is 1. The summed E-state index contributed by atoms with van der Waals surface area (Å²) < 4.78 is 10.2. The van der Waals surface area contributed by atoms with Gasteiger partial charge in [0, 0.05) is 14.1 Å². The molecule has 0 fully saturated rings. The molecule has 4 aromatic rings. The van der Waals surface area contributed by atoms with Crippen LogP contribution in [0.2, 0.25) is 10.0 Å². The van der Waals surface area contributed by atoms with E-state index in [2.05, 4.69) is 4.98 Å². The number of hydrogen-bond acceptors (Lipinski definition) is 4. The van der Waals surface area contributed by atoms with E-state index in [1.807, 2.05) is 38.1 Å². The fraction of sp³-hybridized carbons (Fsp3) is 0.227. The monoisotopic (exact) mass is 458 g/mol. The lowest BCUT2D eigenvalue weighted by atomic mass is 10.1. The van der Waals surface area contributed by atoms with Gasteiger partial charge in [0.05, 0.1) is 16.6 Å². The number of benzene rings is 2. The van der Waals surface area contributed by atoms with Gasteiger partial charge in [-0.05, 0) is 48.7 Å². The molecule has 0 amide bonds. The third kappa shape index (κ3) is 3.64. The van der Waals surface area contributed by atoms with Crippen molar-refractivity contribution in [2.75, 3.05) is 0 Å². The quantitative estimate of drug-likeness (QED) is 0.459. The maximum atomic E-state index is 13.0. The molecule has 2 heterocycles. The molecule has 31 heavy (non-hydrogen) atoms. The van der Waals surface area contributed by atoms with E-state index in [1.165, 1.54) is 11.6 Å². The van der Waals surface area contributed by atoms with Crippen LogP contribution in [-0.2, 0) is 20.6 Å². The Bertz CT molecular complexity index is 1450. The van der Waals surface area contributed by atoms with Crippen molar-refractivity contribution in [3.8, 4) is 11.8 Å². The second kappa shape index (κ2) is 7.90. The molecule has 0 saturated carbocycles. The minimum absolute atomic E-state index is 0.202. The maximum absolute atomic E-state index is 13.0. The Balaban J connectivity index is 1.97. The topological polar surface area (TPSA) is 71.1 Å². The van der Waals surface area contributed by atoms with Crippen molar-refractivity contribution in [3.63, 3.8) is 0 Å². The lowest BCUT2D eigenvalue weighted by Gasteiger charge is -2.13. The van der Waals surface area contributed by atoms with Crippen LogP contribution in [-0.4, -0.2) is 18.7 Å². The second-order valence-electron chi connectivity index (χ2n) is 7.41. The molecule has 0 radical (unpaired) electrons.